The van der Waals surface area contributed by atoms with E-state index < -0.39 is 117 Å². The molecule has 8 aromatic rings. The second-order valence-corrected chi connectivity index (χ2v) is 18.9. The standard InChI is InChI=1S/C38H24N6O16S4.2Cu.4Na/c45-29-11-17(5-7-25(29)41-43-35-32(63(55,56)57)13-19-10-27-28(16-22(19)37(35)47)40-24-4-2-1-3-23(24)39-27)18-6-8-26(30(46)12-18)42-44-36-33(64(58,59)60)14-20-9-21(61(49,50)51)15-31(62(52,53)54)34(20)38(36)48;;;;;;/h1-16,45-48H,(H,49,50,51)(H,52,53,54)(H,55,56,57)(H,58,59,60);;;;;;/q;2*+2;4*+1/p-8. The SMILES string of the molecule is O=S(=O)([O-])c1cc(S(=O)(=O)[O-])c2c([O-])c(N=Nc3ccc(-c4ccc(N=Nc5c(S(=O)(=O)[O-])cc6cc7nc8ccccc8nc7cc6c5[O-])c([O-])c4)cc3[O-])c(S(=O)(=O)[O-])cc2c1.[Cu+2].[Cu+2].[Na+].[Na+].[Na+].[Na+]. The Morgan fingerprint density at radius 1 is 0.414 bits per heavy atom. The van der Waals surface area contributed by atoms with Crippen molar-refractivity contribution in [1.82, 2.24) is 9.97 Å². The molecule has 1 aromatic heterocycles. The molecule has 2 radical (unpaired) electrons. The first-order valence-corrected chi connectivity index (χ1v) is 23.0. The van der Waals surface area contributed by atoms with Gasteiger partial charge < -0.3 is 38.6 Å². The van der Waals surface area contributed by atoms with Crippen LogP contribution in [0, 0.1) is 0 Å². The van der Waals surface area contributed by atoms with Gasteiger partial charge in [0.15, 0.2) is 0 Å². The molecule has 0 aliphatic heterocycles. The Morgan fingerprint density at radius 3 is 1.27 bits per heavy atom. The number of azo groups is 2. The van der Waals surface area contributed by atoms with Crippen molar-refractivity contribution >= 4 is 107 Å². The Kier molecular flexibility index (Phi) is 21.8. The van der Waals surface area contributed by atoms with Gasteiger partial charge in [0.1, 0.15) is 40.5 Å². The number of nitrogens with zero attached hydrogens (tertiary/aromatic N) is 6. The topological polar surface area (TPSA) is 396 Å². The molecule has 22 nitrogen and oxygen atoms in total. The van der Waals surface area contributed by atoms with E-state index in [1.54, 1.807) is 24.3 Å². The summed E-state index contributed by atoms with van der Waals surface area (Å²) in [5.41, 5.74) is -1.58. The van der Waals surface area contributed by atoms with Crippen molar-refractivity contribution in [2.75, 3.05) is 0 Å². The second-order valence-electron chi connectivity index (χ2n) is 13.5. The zero-order chi connectivity index (χ0) is 46.3. The van der Waals surface area contributed by atoms with E-state index >= 15 is 0 Å². The minimum absolute atomic E-state index is 0. The molecular formula is C38H16Cu2N6Na4O16S4. The van der Waals surface area contributed by atoms with Crippen molar-refractivity contribution in [2.24, 2.45) is 20.5 Å². The molecule has 0 spiro atoms. The molecule has 344 valence electrons. The Bertz CT molecular complexity index is 3940. The first kappa shape index (κ1) is 63.9. The third-order valence-electron chi connectivity index (χ3n) is 9.42. The van der Waals surface area contributed by atoms with Crippen LogP contribution in [0.4, 0.5) is 22.7 Å². The smallest absolute Gasteiger partial charge is 0.871 e. The van der Waals surface area contributed by atoms with Crippen LogP contribution in [0.3, 0.4) is 0 Å². The van der Waals surface area contributed by atoms with Crippen LogP contribution in [-0.2, 0) is 74.6 Å². The van der Waals surface area contributed by atoms with Gasteiger partial charge in [-0.05, 0) is 93.3 Å². The van der Waals surface area contributed by atoms with E-state index in [1.807, 2.05) is 0 Å². The third kappa shape index (κ3) is 13.2. The largest absolute Gasteiger partial charge is 2.00 e. The van der Waals surface area contributed by atoms with E-state index in [9.17, 15) is 72.3 Å². The number of para-hydroxylation sites is 2. The van der Waals surface area contributed by atoms with Gasteiger partial charge in [0.25, 0.3) is 0 Å². The van der Waals surface area contributed by atoms with E-state index in [1.165, 1.54) is 24.3 Å². The first-order valence-electron chi connectivity index (χ1n) is 17.3. The Hall–Kier alpha value is -2.26. The molecule has 32 heteroatoms. The predicted molar refractivity (Wildman–Crippen MR) is 208 cm³/mol. The molecule has 0 saturated carbocycles. The number of rotatable bonds is 9. The average Bonchev–Trinajstić information content (AvgIpc) is 3.20. The fraction of sp³-hybridized carbons (Fsp3) is 0. The van der Waals surface area contributed by atoms with Gasteiger partial charge in [-0.25, -0.2) is 43.6 Å². The zero-order valence-electron chi connectivity index (χ0n) is 35.7. The van der Waals surface area contributed by atoms with Crippen LogP contribution >= 0.6 is 0 Å². The Morgan fingerprint density at radius 2 is 0.843 bits per heavy atom. The van der Waals surface area contributed by atoms with Crippen molar-refractivity contribution in [1.29, 1.82) is 0 Å². The zero-order valence-corrected chi connectivity index (χ0v) is 48.8. The first-order chi connectivity index (χ1) is 29.9. The minimum Gasteiger partial charge on any atom is -0.871 e. The molecule has 0 saturated heterocycles. The van der Waals surface area contributed by atoms with Crippen LogP contribution < -0.4 is 139 Å². The van der Waals surface area contributed by atoms with Gasteiger partial charge >= 0.3 is 152 Å². The molecule has 70 heavy (non-hydrogen) atoms. The summed E-state index contributed by atoms with van der Waals surface area (Å²) in [5, 5.41) is 65.4. The van der Waals surface area contributed by atoms with Gasteiger partial charge in [-0.2, -0.15) is 10.2 Å². The summed E-state index contributed by atoms with van der Waals surface area (Å²) in [6, 6.07) is 17.7. The summed E-state index contributed by atoms with van der Waals surface area (Å²) in [7, 11) is -22.3. The van der Waals surface area contributed by atoms with Gasteiger partial charge in [0.2, 0.25) is 0 Å². The molecule has 8 rings (SSSR count). The van der Waals surface area contributed by atoms with Crippen molar-refractivity contribution in [3.63, 3.8) is 0 Å². The quantitative estimate of drug-likeness (QED) is 0.0560. The maximum atomic E-state index is 13.6. The number of hydrogen-bond donors (Lipinski definition) is 0. The van der Waals surface area contributed by atoms with Gasteiger partial charge in [-0.3, -0.25) is 0 Å². The third-order valence-corrected chi connectivity index (χ3v) is 12.8. The molecule has 0 aliphatic carbocycles. The molecule has 7 aromatic carbocycles. The maximum Gasteiger partial charge on any atom is 2.00 e. The number of fused-ring (bicyclic) bond motifs is 4. The maximum absolute atomic E-state index is 13.6. The normalized spacial score (nSPS) is 11.9. The Balaban J connectivity index is 0.00000280. The summed E-state index contributed by atoms with van der Waals surface area (Å²) in [6.45, 7) is 0. The number of benzene rings is 7. The summed E-state index contributed by atoms with van der Waals surface area (Å²) in [5.74, 6) is -4.58. The Labute approximate surface area is 505 Å². The van der Waals surface area contributed by atoms with E-state index in [-0.39, 0.29) is 186 Å². The van der Waals surface area contributed by atoms with E-state index in [0.717, 1.165) is 30.3 Å². The van der Waals surface area contributed by atoms with Crippen molar-refractivity contribution in [3.05, 3.63) is 97.1 Å². The van der Waals surface area contributed by atoms with Crippen LogP contribution in [-0.4, -0.2) is 61.9 Å². The molecular weight excluding hydrogens is 1140 g/mol. The van der Waals surface area contributed by atoms with Crippen LogP contribution in [0.25, 0.3) is 54.7 Å². The summed E-state index contributed by atoms with van der Waals surface area (Å²) in [6.07, 6.45) is 0. The second kappa shape index (κ2) is 23.9. The molecule has 0 amide bonds. The molecule has 1 heterocycles. The van der Waals surface area contributed by atoms with Gasteiger partial charge in [-0.15, -0.1) is 10.2 Å². The van der Waals surface area contributed by atoms with Gasteiger partial charge in [0.05, 0.1) is 64.4 Å². The fourth-order valence-corrected chi connectivity index (χ4v) is 9.15. The van der Waals surface area contributed by atoms with Crippen LogP contribution in [0.2, 0.25) is 0 Å². The predicted octanol–water partition coefficient (Wildman–Crippen LogP) is -8.49. The van der Waals surface area contributed by atoms with Crippen LogP contribution in [0.15, 0.2) is 137 Å². The molecule has 0 bridgehead atoms. The molecule has 0 fully saturated rings. The molecule has 0 atom stereocenters. The summed E-state index contributed by atoms with van der Waals surface area (Å²) < 4.78 is 144. The average molecular weight is 1160 g/mol. The van der Waals surface area contributed by atoms with E-state index in [0.29, 0.717) is 28.7 Å². The van der Waals surface area contributed by atoms with E-state index in [2.05, 4.69) is 30.4 Å². The van der Waals surface area contributed by atoms with Crippen molar-refractivity contribution in [2.45, 2.75) is 19.6 Å². The number of aromatic nitrogens is 2. The summed E-state index contributed by atoms with van der Waals surface area (Å²) in [4.78, 5) is 3.56. The molecule has 0 unspecified atom stereocenters. The van der Waals surface area contributed by atoms with Crippen molar-refractivity contribution < 1.29 is 225 Å². The van der Waals surface area contributed by atoms with Crippen LogP contribution in [0.5, 0.6) is 23.0 Å². The van der Waals surface area contributed by atoms with Gasteiger partial charge in [-0.1, -0.05) is 59.4 Å². The minimum atomic E-state index is -5.74. The molecule has 0 N–H and O–H groups in total. The van der Waals surface area contributed by atoms with Crippen molar-refractivity contribution in [3.8, 4) is 34.1 Å². The number of hydrogen-bond acceptors (Lipinski definition) is 22. The summed E-state index contributed by atoms with van der Waals surface area (Å²) >= 11 is 0. The van der Waals surface area contributed by atoms with Crippen LogP contribution in [0.1, 0.15) is 0 Å². The van der Waals surface area contributed by atoms with Gasteiger partial charge in [0, 0.05) is 0 Å². The van der Waals surface area contributed by atoms with E-state index in [4.69, 9.17) is 0 Å². The molecule has 0 aliphatic rings. The monoisotopic (exact) mass is 1160 g/mol. The fourth-order valence-electron chi connectivity index (χ4n) is 6.53.